The monoisotopic (exact) mass is 369 g/mol. The number of sulfone groups is 1. The van der Waals surface area contributed by atoms with Crippen LogP contribution in [0.4, 0.5) is 0 Å². The van der Waals surface area contributed by atoms with E-state index in [1.165, 1.54) is 0 Å². The molecule has 4 rings (SSSR count). The van der Waals surface area contributed by atoms with Gasteiger partial charge in [-0.2, -0.15) is 0 Å². The topological polar surface area (TPSA) is 81.1 Å². The van der Waals surface area contributed by atoms with Crippen molar-refractivity contribution in [3.63, 3.8) is 0 Å². The lowest BCUT2D eigenvalue weighted by Gasteiger charge is -2.23. The Morgan fingerprint density at radius 2 is 1.88 bits per heavy atom. The van der Waals surface area contributed by atoms with Crippen LogP contribution in [0.15, 0.2) is 54.9 Å². The van der Waals surface area contributed by atoms with Crippen molar-refractivity contribution in [2.45, 2.75) is 18.9 Å². The molecule has 26 heavy (non-hydrogen) atoms. The molecule has 1 aliphatic heterocycles. The minimum Gasteiger partial charge on any atom is -0.346 e. The SMILES string of the molecule is CC1(NC(=O)c2ccc(-n3cnc4ccccc43)cc2)CCS(=O)(=O)C1. The number of imidazole rings is 1. The minimum atomic E-state index is -3.06. The zero-order valence-electron chi connectivity index (χ0n) is 14.3. The summed E-state index contributed by atoms with van der Waals surface area (Å²) in [6.45, 7) is 1.78. The fourth-order valence-corrected chi connectivity index (χ4v) is 5.49. The molecular formula is C19H19N3O3S. The normalized spacial score (nSPS) is 21.7. The van der Waals surface area contributed by atoms with E-state index in [4.69, 9.17) is 0 Å². The number of hydrogen-bond acceptors (Lipinski definition) is 4. The van der Waals surface area contributed by atoms with Crippen LogP contribution in [0.3, 0.4) is 0 Å². The molecule has 1 aliphatic rings. The zero-order valence-corrected chi connectivity index (χ0v) is 15.2. The maximum Gasteiger partial charge on any atom is 0.251 e. The predicted octanol–water partition coefficient (Wildman–Crippen LogP) is 2.33. The van der Waals surface area contributed by atoms with Crippen LogP contribution in [-0.4, -0.2) is 40.9 Å². The molecule has 1 amide bonds. The van der Waals surface area contributed by atoms with E-state index in [2.05, 4.69) is 10.3 Å². The lowest BCUT2D eigenvalue weighted by atomic mass is 10.0. The molecule has 1 fully saturated rings. The summed E-state index contributed by atoms with van der Waals surface area (Å²) in [5.41, 5.74) is 2.61. The van der Waals surface area contributed by atoms with E-state index >= 15 is 0 Å². The highest BCUT2D eigenvalue weighted by Crippen LogP contribution is 2.24. The van der Waals surface area contributed by atoms with Gasteiger partial charge in [0, 0.05) is 11.3 Å². The summed E-state index contributed by atoms with van der Waals surface area (Å²) in [4.78, 5) is 16.9. The number of nitrogens with one attached hydrogen (secondary N) is 1. The Labute approximate surface area is 151 Å². The molecule has 0 bridgehead atoms. The van der Waals surface area contributed by atoms with Crippen molar-refractivity contribution in [3.8, 4) is 5.69 Å². The molecule has 1 aromatic heterocycles. The Bertz CT molecular complexity index is 1090. The van der Waals surface area contributed by atoms with Crippen molar-refractivity contribution in [1.29, 1.82) is 0 Å². The van der Waals surface area contributed by atoms with Gasteiger partial charge in [0.05, 0.1) is 28.1 Å². The van der Waals surface area contributed by atoms with Crippen molar-refractivity contribution in [2.75, 3.05) is 11.5 Å². The summed E-state index contributed by atoms with van der Waals surface area (Å²) in [6, 6.07) is 15.0. The van der Waals surface area contributed by atoms with E-state index in [0.29, 0.717) is 12.0 Å². The third-order valence-electron chi connectivity index (χ3n) is 4.78. The Hall–Kier alpha value is -2.67. The molecule has 2 heterocycles. The predicted molar refractivity (Wildman–Crippen MR) is 100 cm³/mol. The number of aromatic nitrogens is 2. The molecule has 0 spiro atoms. The molecule has 1 unspecified atom stereocenters. The molecule has 7 heteroatoms. The van der Waals surface area contributed by atoms with Gasteiger partial charge in [-0.25, -0.2) is 13.4 Å². The van der Waals surface area contributed by atoms with Gasteiger partial charge >= 0.3 is 0 Å². The molecule has 0 aliphatic carbocycles. The number of carbonyl (C=O) groups is 1. The Morgan fingerprint density at radius 1 is 1.15 bits per heavy atom. The minimum absolute atomic E-state index is 0.00908. The Morgan fingerprint density at radius 3 is 2.58 bits per heavy atom. The highest BCUT2D eigenvalue weighted by molar-refractivity contribution is 7.91. The number of benzene rings is 2. The van der Waals surface area contributed by atoms with Crippen molar-refractivity contribution >= 4 is 26.8 Å². The molecule has 134 valence electrons. The number of hydrogen-bond donors (Lipinski definition) is 1. The summed E-state index contributed by atoms with van der Waals surface area (Å²) in [5, 5.41) is 2.87. The fourth-order valence-electron chi connectivity index (χ4n) is 3.39. The number of amides is 1. The summed E-state index contributed by atoms with van der Waals surface area (Å²) in [6.07, 6.45) is 2.20. The summed E-state index contributed by atoms with van der Waals surface area (Å²) < 4.78 is 25.3. The maximum absolute atomic E-state index is 12.5. The Kier molecular flexibility index (Phi) is 3.84. The standard InChI is InChI=1S/C19H19N3O3S/c1-19(10-11-26(24,25)12-19)21-18(23)14-6-8-15(9-7-14)22-13-20-16-4-2-3-5-17(16)22/h2-9,13H,10-12H2,1H3,(H,21,23). The van der Waals surface area contributed by atoms with Gasteiger partial charge in [-0.3, -0.25) is 9.36 Å². The van der Waals surface area contributed by atoms with Crippen LogP contribution in [-0.2, 0) is 9.84 Å². The molecule has 6 nitrogen and oxygen atoms in total. The quantitative estimate of drug-likeness (QED) is 0.768. The van der Waals surface area contributed by atoms with E-state index in [-0.39, 0.29) is 17.4 Å². The van der Waals surface area contributed by atoms with Crippen LogP contribution in [0.2, 0.25) is 0 Å². The highest BCUT2D eigenvalue weighted by Gasteiger charge is 2.39. The average molecular weight is 369 g/mol. The van der Waals surface area contributed by atoms with Crippen molar-refractivity contribution in [2.24, 2.45) is 0 Å². The molecule has 2 aromatic carbocycles. The van der Waals surface area contributed by atoms with Crippen molar-refractivity contribution in [3.05, 3.63) is 60.4 Å². The van der Waals surface area contributed by atoms with Gasteiger partial charge < -0.3 is 5.32 Å². The average Bonchev–Trinajstić information content (AvgIpc) is 3.15. The van der Waals surface area contributed by atoms with Gasteiger partial charge in [0.15, 0.2) is 9.84 Å². The Balaban J connectivity index is 1.55. The lowest BCUT2D eigenvalue weighted by Crippen LogP contribution is -2.46. The smallest absolute Gasteiger partial charge is 0.251 e. The first-order valence-electron chi connectivity index (χ1n) is 8.41. The number of fused-ring (bicyclic) bond motifs is 1. The van der Waals surface area contributed by atoms with E-state index in [0.717, 1.165) is 16.7 Å². The van der Waals surface area contributed by atoms with E-state index in [1.807, 2.05) is 41.0 Å². The van der Waals surface area contributed by atoms with Gasteiger partial charge in [-0.15, -0.1) is 0 Å². The number of para-hydroxylation sites is 2. The summed E-state index contributed by atoms with van der Waals surface area (Å²) >= 11 is 0. The molecular weight excluding hydrogens is 350 g/mol. The molecule has 1 N–H and O–H groups in total. The largest absolute Gasteiger partial charge is 0.346 e. The van der Waals surface area contributed by atoms with Crippen LogP contribution >= 0.6 is 0 Å². The summed E-state index contributed by atoms with van der Waals surface area (Å²) in [7, 11) is -3.06. The van der Waals surface area contributed by atoms with Crippen LogP contribution in [0.1, 0.15) is 23.7 Å². The summed E-state index contributed by atoms with van der Waals surface area (Å²) in [5.74, 6) is -0.145. The van der Waals surface area contributed by atoms with Gasteiger partial charge in [0.2, 0.25) is 0 Å². The third kappa shape index (κ3) is 3.10. The van der Waals surface area contributed by atoms with E-state index in [9.17, 15) is 13.2 Å². The molecule has 3 aromatic rings. The van der Waals surface area contributed by atoms with Gasteiger partial charge in [0.25, 0.3) is 5.91 Å². The van der Waals surface area contributed by atoms with Crippen LogP contribution in [0.25, 0.3) is 16.7 Å². The van der Waals surface area contributed by atoms with Crippen molar-refractivity contribution < 1.29 is 13.2 Å². The molecule has 0 saturated carbocycles. The number of rotatable bonds is 3. The molecule has 0 radical (unpaired) electrons. The van der Waals surface area contributed by atoms with Gasteiger partial charge in [-0.05, 0) is 49.7 Å². The first-order chi connectivity index (χ1) is 12.4. The first kappa shape index (κ1) is 16.8. The first-order valence-corrected chi connectivity index (χ1v) is 10.2. The van der Waals surface area contributed by atoms with Crippen molar-refractivity contribution in [1.82, 2.24) is 14.9 Å². The second kappa shape index (κ2) is 5.95. The maximum atomic E-state index is 12.5. The van der Waals surface area contributed by atoms with Crippen LogP contribution < -0.4 is 5.32 Å². The van der Waals surface area contributed by atoms with Crippen LogP contribution in [0.5, 0.6) is 0 Å². The fraction of sp³-hybridized carbons (Fsp3) is 0.263. The number of carbonyl (C=O) groups excluding carboxylic acids is 1. The lowest BCUT2D eigenvalue weighted by molar-refractivity contribution is 0.0915. The highest BCUT2D eigenvalue weighted by atomic mass is 32.2. The second-order valence-electron chi connectivity index (χ2n) is 7.01. The molecule has 1 atom stereocenters. The zero-order chi connectivity index (χ0) is 18.4. The molecule has 1 saturated heterocycles. The van der Waals surface area contributed by atoms with Gasteiger partial charge in [0.1, 0.15) is 6.33 Å². The van der Waals surface area contributed by atoms with E-state index in [1.54, 1.807) is 25.4 Å². The second-order valence-corrected chi connectivity index (χ2v) is 9.19. The van der Waals surface area contributed by atoms with Gasteiger partial charge in [-0.1, -0.05) is 12.1 Å². The van der Waals surface area contributed by atoms with E-state index < -0.39 is 15.4 Å². The number of nitrogens with zero attached hydrogens (tertiary/aromatic N) is 2. The third-order valence-corrected chi connectivity index (χ3v) is 6.68. The van der Waals surface area contributed by atoms with Crippen LogP contribution in [0, 0.1) is 0 Å².